The van der Waals surface area contributed by atoms with Crippen LogP contribution in [0.25, 0.3) is 0 Å². The highest BCUT2D eigenvalue weighted by atomic mass is 16.4. The number of carbonyl (C=O) groups is 1. The van der Waals surface area contributed by atoms with E-state index in [-0.39, 0.29) is 0 Å². The standard InChI is InChI=1S/C7H10N4O2/c1-4-6(10-5(2)9-4)3-8-11-7(12)13/h3,11H,1-2H3,(H,9,10)(H,12,13)/b8-3+. The number of carboxylic acid groups (broad SMARTS) is 1. The van der Waals surface area contributed by atoms with Crippen molar-refractivity contribution in [1.29, 1.82) is 0 Å². The Morgan fingerprint density at radius 1 is 1.69 bits per heavy atom. The fourth-order valence-electron chi connectivity index (χ4n) is 0.902. The van der Waals surface area contributed by atoms with Crippen LogP contribution in [0.2, 0.25) is 0 Å². The highest BCUT2D eigenvalue weighted by Crippen LogP contribution is 1.99. The molecular formula is C7H10N4O2. The largest absolute Gasteiger partial charge is 0.464 e. The van der Waals surface area contributed by atoms with Crippen LogP contribution in [0, 0.1) is 13.8 Å². The maximum absolute atomic E-state index is 10.0. The van der Waals surface area contributed by atoms with E-state index < -0.39 is 6.09 Å². The van der Waals surface area contributed by atoms with E-state index in [4.69, 9.17) is 5.11 Å². The maximum atomic E-state index is 10.0. The molecule has 0 aliphatic heterocycles. The van der Waals surface area contributed by atoms with Crippen LogP contribution < -0.4 is 5.43 Å². The van der Waals surface area contributed by atoms with Gasteiger partial charge in [0.2, 0.25) is 0 Å². The molecule has 0 fully saturated rings. The molecule has 6 nitrogen and oxygen atoms in total. The van der Waals surface area contributed by atoms with E-state index in [1.54, 1.807) is 0 Å². The summed E-state index contributed by atoms with van der Waals surface area (Å²) in [5.41, 5.74) is 3.35. The van der Waals surface area contributed by atoms with Gasteiger partial charge in [-0.2, -0.15) is 5.10 Å². The summed E-state index contributed by atoms with van der Waals surface area (Å²) < 4.78 is 0. The molecule has 13 heavy (non-hydrogen) atoms. The lowest BCUT2D eigenvalue weighted by Gasteiger charge is -1.88. The molecular weight excluding hydrogens is 172 g/mol. The van der Waals surface area contributed by atoms with Crippen molar-refractivity contribution in [2.24, 2.45) is 5.10 Å². The highest BCUT2D eigenvalue weighted by Gasteiger charge is 1.99. The topological polar surface area (TPSA) is 90.4 Å². The van der Waals surface area contributed by atoms with Gasteiger partial charge in [0.1, 0.15) is 11.5 Å². The number of amides is 1. The Bertz CT molecular complexity index is 342. The Hall–Kier alpha value is -1.85. The Morgan fingerprint density at radius 2 is 2.38 bits per heavy atom. The Labute approximate surface area is 74.7 Å². The van der Waals surface area contributed by atoms with Gasteiger partial charge in [-0.15, -0.1) is 0 Å². The number of aromatic nitrogens is 2. The van der Waals surface area contributed by atoms with Crippen molar-refractivity contribution in [3.63, 3.8) is 0 Å². The van der Waals surface area contributed by atoms with E-state index in [0.29, 0.717) is 5.69 Å². The fraction of sp³-hybridized carbons (Fsp3) is 0.286. The molecule has 1 rings (SSSR count). The molecule has 0 aromatic carbocycles. The Balaban J connectivity index is 2.68. The van der Waals surface area contributed by atoms with Crippen LogP contribution in [-0.2, 0) is 0 Å². The third-order valence-electron chi connectivity index (χ3n) is 1.39. The summed E-state index contributed by atoms with van der Waals surface area (Å²) in [4.78, 5) is 17.1. The van der Waals surface area contributed by atoms with Gasteiger partial charge in [0.15, 0.2) is 0 Å². The monoisotopic (exact) mass is 182 g/mol. The minimum Gasteiger partial charge on any atom is -0.464 e. The zero-order valence-corrected chi connectivity index (χ0v) is 7.33. The molecule has 0 spiro atoms. The summed E-state index contributed by atoms with van der Waals surface area (Å²) in [6.07, 6.45) is 0.161. The third kappa shape index (κ3) is 2.58. The van der Waals surface area contributed by atoms with Gasteiger partial charge in [0, 0.05) is 5.69 Å². The predicted molar refractivity (Wildman–Crippen MR) is 46.8 cm³/mol. The first-order valence-electron chi connectivity index (χ1n) is 3.65. The zero-order chi connectivity index (χ0) is 9.84. The molecule has 1 heterocycles. The SMILES string of the molecule is Cc1nc(/C=N/NC(=O)O)c(C)[nH]1. The van der Waals surface area contributed by atoms with Crippen LogP contribution in [0.1, 0.15) is 17.2 Å². The van der Waals surface area contributed by atoms with E-state index in [9.17, 15) is 4.79 Å². The van der Waals surface area contributed by atoms with Crippen LogP contribution in [0.5, 0.6) is 0 Å². The van der Waals surface area contributed by atoms with Crippen molar-refractivity contribution in [3.8, 4) is 0 Å². The smallest absolute Gasteiger partial charge is 0.425 e. The molecule has 0 aliphatic carbocycles. The van der Waals surface area contributed by atoms with Gasteiger partial charge in [-0.3, -0.25) is 0 Å². The first-order valence-corrected chi connectivity index (χ1v) is 3.65. The predicted octanol–water partition coefficient (Wildman–Crippen LogP) is 0.628. The summed E-state index contributed by atoms with van der Waals surface area (Å²) in [6, 6.07) is 0. The molecule has 0 bridgehead atoms. The molecule has 1 aromatic heterocycles. The molecule has 1 amide bonds. The number of hydrogen-bond donors (Lipinski definition) is 3. The summed E-state index contributed by atoms with van der Waals surface area (Å²) >= 11 is 0. The van der Waals surface area contributed by atoms with E-state index in [2.05, 4.69) is 15.1 Å². The van der Waals surface area contributed by atoms with Crippen molar-refractivity contribution in [2.45, 2.75) is 13.8 Å². The van der Waals surface area contributed by atoms with E-state index in [1.807, 2.05) is 19.3 Å². The number of aromatic amines is 1. The number of aryl methyl sites for hydroxylation is 2. The van der Waals surface area contributed by atoms with Gasteiger partial charge in [-0.05, 0) is 13.8 Å². The van der Waals surface area contributed by atoms with Gasteiger partial charge in [-0.25, -0.2) is 15.2 Å². The normalized spacial score (nSPS) is 10.6. The van der Waals surface area contributed by atoms with Crippen LogP contribution in [-0.4, -0.2) is 27.4 Å². The van der Waals surface area contributed by atoms with Gasteiger partial charge < -0.3 is 10.1 Å². The second-order valence-corrected chi connectivity index (χ2v) is 2.51. The summed E-state index contributed by atoms with van der Waals surface area (Å²) in [7, 11) is 0. The molecule has 0 unspecified atom stereocenters. The molecule has 1 aromatic rings. The first-order chi connectivity index (χ1) is 6.09. The van der Waals surface area contributed by atoms with Gasteiger partial charge in [0.25, 0.3) is 0 Å². The fourth-order valence-corrected chi connectivity index (χ4v) is 0.902. The molecule has 3 N–H and O–H groups in total. The summed E-state index contributed by atoms with van der Waals surface area (Å²) in [6.45, 7) is 3.65. The zero-order valence-electron chi connectivity index (χ0n) is 7.33. The van der Waals surface area contributed by atoms with Crippen molar-refractivity contribution in [1.82, 2.24) is 15.4 Å². The molecule has 0 aliphatic rings. The van der Waals surface area contributed by atoms with Crippen molar-refractivity contribution >= 4 is 12.3 Å². The average Bonchev–Trinajstić information content (AvgIpc) is 2.29. The Morgan fingerprint density at radius 3 is 2.85 bits per heavy atom. The average molecular weight is 182 g/mol. The minimum absolute atomic E-state index is 0.631. The number of imidazole rings is 1. The summed E-state index contributed by atoms with van der Waals surface area (Å²) in [5.74, 6) is 0.772. The van der Waals surface area contributed by atoms with Gasteiger partial charge >= 0.3 is 6.09 Å². The maximum Gasteiger partial charge on any atom is 0.425 e. The van der Waals surface area contributed by atoms with Crippen molar-refractivity contribution < 1.29 is 9.90 Å². The van der Waals surface area contributed by atoms with E-state index in [1.165, 1.54) is 6.21 Å². The number of nitrogens with one attached hydrogen (secondary N) is 2. The van der Waals surface area contributed by atoms with Crippen molar-refractivity contribution in [3.05, 3.63) is 17.2 Å². The number of hydrazone groups is 1. The second-order valence-electron chi connectivity index (χ2n) is 2.51. The van der Waals surface area contributed by atoms with E-state index in [0.717, 1.165) is 11.5 Å². The quantitative estimate of drug-likeness (QED) is 0.462. The third-order valence-corrected chi connectivity index (χ3v) is 1.39. The lowest BCUT2D eigenvalue weighted by molar-refractivity contribution is 0.195. The number of nitrogens with zero attached hydrogens (tertiary/aromatic N) is 2. The lowest BCUT2D eigenvalue weighted by Crippen LogP contribution is -2.13. The summed E-state index contributed by atoms with van der Waals surface area (Å²) in [5, 5.41) is 11.7. The van der Waals surface area contributed by atoms with Crippen LogP contribution in [0.4, 0.5) is 4.79 Å². The molecule has 6 heteroatoms. The highest BCUT2D eigenvalue weighted by molar-refractivity contribution is 5.79. The van der Waals surface area contributed by atoms with Gasteiger partial charge in [0.05, 0.1) is 6.21 Å². The number of rotatable bonds is 2. The molecule has 0 saturated heterocycles. The first kappa shape index (κ1) is 9.24. The van der Waals surface area contributed by atoms with Gasteiger partial charge in [-0.1, -0.05) is 0 Å². The second kappa shape index (κ2) is 3.70. The lowest BCUT2D eigenvalue weighted by atomic mass is 10.4. The minimum atomic E-state index is -1.19. The molecule has 70 valence electrons. The molecule has 0 atom stereocenters. The van der Waals surface area contributed by atoms with Crippen LogP contribution >= 0.6 is 0 Å². The van der Waals surface area contributed by atoms with Crippen LogP contribution in [0.3, 0.4) is 0 Å². The number of hydrogen-bond acceptors (Lipinski definition) is 3. The van der Waals surface area contributed by atoms with Crippen LogP contribution in [0.15, 0.2) is 5.10 Å². The molecule has 0 radical (unpaired) electrons. The number of H-pyrrole nitrogens is 1. The van der Waals surface area contributed by atoms with E-state index >= 15 is 0 Å². The van der Waals surface area contributed by atoms with Crippen molar-refractivity contribution in [2.75, 3.05) is 0 Å². The molecule has 0 saturated carbocycles. The Kier molecular flexibility index (Phi) is 2.63.